The van der Waals surface area contributed by atoms with E-state index < -0.39 is 0 Å². The van der Waals surface area contributed by atoms with Gasteiger partial charge in [0.05, 0.1) is 12.1 Å². The molecule has 0 radical (unpaired) electrons. The minimum absolute atomic E-state index is 0.0533. The van der Waals surface area contributed by atoms with Gasteiger partial charge in [0.1, 0.15) is 0 Å². The molecule has 1 aromatic rings. The number of hydrogen-bond acceptors (Lipinski definition) is 4. The Morgan fingerprint density at radius 1 is 1.44 bits per heavy atom. The highest BCUT2D eigenvalue weighted by molar-refractivity contribution is 8.14. The van der Waals surface area contributed by atoms with Crippen LogP contribution in [0, 0.1) is 0 Å². The molecule has 0 aliphatic carbocycles. The summed E-state index contributed by atoms with van der Waals surface area (Å²) >= 11 is 1.79. The first-order valence-corrected chi connectivity index (χ1v) is 7.15. The molecule has 1 aromatic carbocycles. The quantitative estimate of drug-likeness (QED) is 0.907. The average Bonchev–Trinajstić information content (AvgIpc) is 2.28. The molecule has 0 saturated heterocycles. The van der Waals surface area contributed by atoms with Crippen LogP contribution in [0.4, 0.5) is 5.69 Å². The van der Waals surface area contributed by atoms with Crippen LogP contribution in [-0.4, -0.2) is 23.6 Å². The summed E-state index contributed by atoms with van der Waals surface area (Å²) in [5, 5.41) is 4.41. The molecule has 2 rings (SSSR count). The highest BCUT2D eigenvalue weighted by atomic mass is 32.2. The van der Waals surface area contributed by atoms with Gasteiger partial charge in [-0.1, -0.05) is 23.9 Å². The van der Waals surface area contributed by atoms with Gasteiger partial charge in [0.2, 0.25) is 0 Å². The molecule has 1 heterocycles. The highest BCUT2D eigenvalue weighted by Gasteiger charge is 2.22. The van der Waals surface area contributed by atoms with E-state index >= 15 is 0 Å². The Kier molecular flexibility index (Phi) is 4.30. The van der Waals surface area contributed by atoms with E-state index in [4.69, 9.17) is 9.73 Å². The summed E-state index contributed by atoms with van der Waals surface area (Å²) in [5.41, 5.74) is 2.30. The third-order valence-corrected chi connectivity index (χ3v) is 3.72. The van der Waals surface area contributed by atoms with Crippen LogP contribution in [0.1, 0.15) is 25.8 Å². The van der Waals surface area contributed by atoms with Crippen LogP contribution in [0.3, 0.4) is 0 Å². The van der Waals surface area contributed by atoms with Crippen LogP contribution in [0.5, 0.6) is 0 Å². The van der Waals surface area contributed by atoms with Crippen LogP contribution in [0.2, 0.25) is 0 Å². The molecule has 3 nitrogen and oxygen atoms in total. The van der Waals surface area contributed by atoms with E-state index in [-0.39, 0.29) is 5.54 Å². The van der Waals surface area contributed by atoms with Gasteiger partial charge < -0.3 is 10.1 Å². The van der Waals surface area contributed by atoms with Gasteiger partial charge in [0, 0.05) is 18.6 Å². The molecule has 0 spiro atoms. The fourth-order valence-corrected chi connectivity index (χ4v) is 3.15. The summed E-state index contributed by atoms with van der Waals surface area (Å²) in [6.07, 6.45) is 1.13. The lowest BCUT2D eigenvalue weighted by Gasteiger charge is -2.26. The first-order valence-electron chi connectivity index (χ1n) is 6.17. The SMILES string of the molecule is COCc1cccc(NC2=NC(C)(C)CCS2)c1. The van der Waals surface area contributed by atoms with Crippen molar-refractivity contribution in [3.05, 3.63) is 29.8 Å². The number of ether oxygens (including phenoxy) is 1. The van der Waals surface area contributed by atoms with E-state index in [0.717, 1.165) is 23.0 Å². The fourth-order valence-electron chi connectivity index (χ4n) is 1.85. The molecule has 1 aliphatic rings. The van der Waals surface area contributed by atoms with Gasteiger partial charge in [-0.2, -0.15) is 0 Å². The van der Waals surface area contributed by atoms with Gasteiger partial charge in [-0.3, -0.25) is 4.99 Å². The lowest BCUT2D eigenvalue weighted by molar-refractivity contribution is 0.185. The van der Waals surface area contributed by atoms with Gasteiger partial charge in [-0.25, -0.2) is 0 Å². The molecule has 98 valence electrons. The van der Waals surface area contributed by atoms with Crippen LogP contribution >= 0.6 is 11.8 Å². The second kappa shape index (κ2) is 5.76. The predicted molar refractivity (Wildman–Crippen MR) is 79.4 cm³/mol. The molecule has 0 atom stereocenters. The summed E-state index contributed by atoms with van der Waals surface area (Å²) in [4.78, 5) is 4.72. The van der Waals surface area contributed by atoms with Crippen LogP contribution in [-0.2, 0) is 11.3 Å². The summed E-state index contributed by atoms with van der Waals surface area (Å²) in [6, 6.07) is 8.27. The van der Waals surface area contributed by atoms with E-state index in [1.807, 2.05) is 6.07 Å². The molecular weight excluding hydrogens is 244 g/mol. The molecular formula is C14H20N2OS. The van der Waals surface area contributed by atoms with Crippen LogP contribution < -0.4 is 5.32 Å². The number of anilines is 1. The van der Waals surface area contributed by atoms with Crippen LogP contribution in [0.25, 0.3) is 0 Å². The first-order chi connectivity index (χ1) is 8.59. The van der Waals surface area contributed by atoms with Gasteiger partial charge in [0.25, 0.3) is 0 Å². The van der Waals surface area contributed by atoms with Crippen molar-refractivity contribution < 1.29 is 4.74 Å². The monoisotopic (exact) mass is 264 g/mol. The maximum Gasteiger partial charge on any atom is 0.161 e. The molecule has 0 aromatic heterocycles. The van der Waals surface area contributed by atoms with Crippen molar-refractivity contribution in [3.63, 3.8) is 0 Å². The van der Waals surface area contributed by atoms with Crippen molar-refractivity contribution in [1.29, 1.82) is 0 Å². The highest BCUT2D eigenvalue weighted by Crippen LogP contribution is 2.26. The number of benzene rings is 1. The Balaban J connectivity index is 2.09. The fraction of sp³-hybridized carbons (Fsp3) is 0.500. The maximum absolute atomic E-state index is 5.14. The number of nitrogens with zero attached hydrogens (tertiary/aromatic N) is 1. The average molecular weight is 264 g/mol. The van der Waals surface area contributed by atoms with E-state index in [0.29, 0.717) is 6.61 Å². The summed E-state index contributed by atoms with van der Waals surface area (Å²) in [7, 11) is 1.71. The van der Waals surface area contributed by atoms with Crippen molar-refractivity contribution in [2.45, 2.75) is 32.4 Å². The number of aliphatic imine (C=N–C) groups is 1. The van der Waals surface area contributed by atoms with Crippen molar-refractivity contribution >= 4 is 22.6 Å². The minimum atomic E-state index is 0.0533. The molecule has 0 bridgehead atoms. The van der Waals surface area contributed by atoms with Gasteiger partial charge in [0.15, 0.2) is 5.17 Å². The number of rotatable bonds is 3. The second-order valence-electron chi connectivity index (χ2n) is 5.09. The summed E-state index contributed by atoms with van der Waals surface area (Å²) < 4.78 is 5.14. The molecule has 1 aliphatic heterocycles. The van der Waals surface area contributed by atoms with Crippen molar-refractivity contribution in [2.75, 3.05) is 18.2 Å². The van der Waals surface area contributed by atoms with E-state index in [9.17, 15) is 0 Å². The second-order valence-corrected chi connectivity index (χ2v) is 6.17. The molecule has 4 heteroatoms. The largest absolute Gasteiger partial charge is 0.380 e. The topological polar surface area (TPSA) is 33.6 Å². The molecule has 18 heavy (non-hydrogen) atoms. The third-order valence-electron chi connectivity index (χ3n) is 2.85. The Bertz CT molecular complexity index is 443. The standard InChI is InChI=1S/C14H20N2OS/c1-14(2)7-8-18-13(16-14)15-12-6-4-5-11(9-12)10-17-3/h4-6,9H,7-8,10H2,1-3H3,(H,15,16). The zero-order valence-electron chi connectivity index (χ0n) is 11.2. The van der Waals surface area contributed by atoms with E-state index in [1.54, 1.807) is 18.9 Å². The van der Waals surface area contributed by atoms with Gasteiger partial charge in [-0.05, 0) is 38.0 Å². The molecule has 0 fully saturated rings. The van der Waals surface area contributed by atoms with Crippen molar-refractivity contribution in [1.82, 2.24) is 0 Å². The molecule has 0 amide bonds. The number of methoxy groups -OCH3 is 1. The maximum atomic E-state index is 5.14. The zero-order valence-corrected chi connectivity index (χ0v) is 12.0. The van der Waals surface area contributed by atoms with E-state index in [1.165, 1.54) is 5.56 Å². The Hall–Kier alpha value is -1.00. The normalized spacial score (nSPS) is 18.3. The summed E-state index contributed by atoms with van der Waals surface area (Å²) in [6.45, 7) is 4.99. The van der Waals surface area contributed by atoms with Gasteiger partial charge in [-0.15, -0.1) is 0 Å². The zero-order chi connectivity index (χ0) is 13.0. The van der Waals surface area contributed by atoms with Crippen molar-refractivity contribution in [2.24, 2.45) is 4.99 Å². The molecule has 0 unspecified atom stereocenters. The summed E-state index contributed by atoms with van der Waals surface area (Å²) in [5.74, 6) is 1.12. The number of hydrogen-bond donors (Lipinski definition) is 1. The number of nitrogens with one attached hydrogen (secondary N) is 1. The lowest BCUT2D eigenvalue weighted by Crippen LogP contribution is -2.27. The predicted octanol–water partition coefficient (Wildman–Crippen LogP) is 3.52. The van der Waals surface area contributed by atoms with Crippen LogP contribution in [0.15, 0.2) is 29.3 Å². The smallest absolute Gasteiger partial charge is 0.161 e. The minimum Gasteiger partial charge on any atom is -0.380 e. The number of thioether (sulfide) groups is 1. The lowest BCUT2D eigenvalue weighted by atomic mass is 10.0. The molecule has 1 N–H and O–H groups in total. The first kappa shape index (κ1) is 13.4. The van der Waals surface area contributed by atoms with Crippen molar-refractivity contribution in [3.8, 4) is 0 Å². The van der Waals surface area contributed by atoms with Gasteiger partial charge >= 0.3 is 0 Å². The Morgan fingerprint density at radius 2 is 2.28 bits per heavy atom. The Labute approximate surface area is 113 Å². The molecule has 0 saturated carbocycles. The number of amidine groups is 1. The van der Waals surface area contributed by atoms with E-state index in [2.05, 4.69) is 37.4 Å². The Morgan fingerprint density at radius 3 is 3.00 bits per heavy atom. The third kappa shape index (κ3) is 3.75.